The molecule has 0 aromatic carbocycles. The van der Waals surface area contributed by atoms with Crippen LogP contribution in [0.5, 0.6) is 5.75 Å². The summed E-state index contributed by atoms with van der Waals surface area (Å²) < 4.78 is 5.88. The average molecular weight is 333 g/mol. The summed E-state index contributed by atoms with van der Waals surface area (Å²) >= 11 is 5.96. The van der Waals surface area contributed by atoms with E-state index in [4.69, 9.17) is 16.3 Å². The van der Waals surface area contributed by atoms with Crippen LogP contribution < -0.4 is 15.4 Å². The zero-order valence-corrected chi connectivity index (χ0v) is 13.2. The first kappa shape index (κ1) is 15.7. The molecule has 1 saturated heterocycles. The molecule has 120 valence electrons. The molecule has 2 aromatic rings. The van der Waals surface area contributed by atoms with Crippen LogP contribution in [-0.2, 0) is 6.54 Å². The number of pyridine rings is 2. The molecule has 2 N–H and O–H groups in total. The van der Waals surface area contributed by atoms with Crippen LogP contribution >= 0.6 is 11.6 Å². The summed E-state index contributed by atoms with van der Waals surface area (Å²) in [5, 5.41) is 6.37. The molecule has 1 unspecified atom stereocenters. The van der Waals surface area contributed by atoms with Gasteiger partial charge in [-0.3, -0.25) is 14.8 Å². The largest absolute Gasteiger partial charge is 0.489 e. The summed E-state index contributed by atoms with van der Waals surface area (Å²) in [6.45, 7) is 2.14. The monoisotopic (exact) mass is 332 g/mol. The van der Waals surface area contributed by atoms with E-state index in [1.54, 1.807) is 12.3 Å². The second-order valence-electron chi connectivity index (χ2n) is 5.25. The van der Waals surface area contributed by atoms with E-state index in [0.29, 0.717) is 17.1 Å². The molecule has 3 rings (SSSR count). The second-order valence-corrected chi connectivity index (χ2v) is 5.66. The molecule has 23 heavy (non-hydrogen) atoms. The SMILES string of the molecule is O=C(NCc1cc(OC2CCNC2)ccn1)c1ccncc1Cl. The lowest BCUT2D eigenvalue weighted by Gasteiger charge is -2.13. The van der Waals surface area contributed by atoms with Gasteiger partial charge in [0, 0.05) is 31.2 Å². The minimum absolute atomic E-state index is 0.190. The van der Waals surface area contributed by atoms with Crippen molar-refractivity contribution < 1.29 is 9.53 Å². The van der Waals surface area contributed by atoms with Crippen LogP contribution in [0, 0.1) is 0 Å². The zero-order valence-electron chi connectivity index (χ0n) is 12.5. The third kappa shape index (κ3) is 4.18. The van der Waals surface area contributed by atoms with E-state index in [0.717, 1.165) is 31.0 Å². The fraction of sp³-hybridized carbons (Fsp3) is 0.312. The number of rotatable bonds is 5. The van der Waals surface area contributed by atoms with E-state index in [1.807, 2.05) is 12.1 Å². The van der Waals surface area contributed by atoms with Gasteiger partial charge in [0.1, 0.15) is 11.9 Å². The number of carbonyl (C=O) groups is 1. The Labute approximate surface area is 139 Å². The third-order valence-corrected chi connectivity index (χ3v) is 3.85. The van der Waals surface area contributed by atoms with Crippen LogP contribution in [0.3, 0.4) is 0 Å². The van der Waals surface area contributed by atoms with Gasteiger partial charge in [-0.15, -0.1) is 0 Å². The van der Waals surface area contributed by atoms with Gasteiger partial charge in [0.2, 0.25) is 0 Å². The Kier molecular flexibility index (Phi) is 5.05. The van der Waals surface area contributed by atoms with Gasteiger partial charge in [0.15, 0.2) is 0 Å². The summed E-state index contributed by atoms with van der Waals surface area (Å²) in [5.41, 5.74) is 1.12. The van der Waals surface area contributed by atoms with Gasteiger partial charge in [-0.05, 0) is 25.1 Å². The summed E-state index contributed by atoms with van der Waals surface area (Å²) in [6, 6.07) is 5.24. The highest BCUT2D eigenvalue weighted by molar-refractivity contribution is 6.33. The van der Waals surface area contributed by atoms with Crippen molar-refractivity contribution in [1.29, 1.82) is 0 Å². The predicted molar refractivity (Wildman–Crippen MR) is 86.6 cm³/mol. The molecule has 0 bridgehead atoms. The highest BCUT2D eigenvalue weighted by atomic mass is 35.5. The van der Waals surface area contributed by atoms with E-state index in [-0.39, 0.29) is 12.0 Å². The van der Waals surface area contributed by atoms with Crippen molar-refractivity contribution in [3.05, 3.63) is 53.1 Å². The fourth-order valence-corrected chi connectivity index (χ4v) is 2.58. The van der Waals surface area contributed by atoms with Crippen LogP contribution in [0.2, 0.25) is 5.02 Å². The Morgan fingerprint density at radius 1 is 1.43 bits per heavy atom. The van der Waals surface area contributed by atoms with Gasteiger partial charge in [-0.1, -0.05) is 11.6 Å². The molecule has 0 spiro atoms. The van der Waals surface area contributed by atoms with Crippen molar-refractivity contribution in [2.45, 2.75) is 19.1 Å². The van der Waals surface area contributed by atoms with Crippen molar-refractivity contribution in [1.82, 2.24) is 20.6 Å². The lowest BCUT2D eigenvalue weighted by Crippen LogP contribution is -2.24. The van der Waals surface area contributed by atoms with E-state index in [2.05, 4.69) is 20.6 Å². The maximum absolute atomic E-state index is 12.1. The molecular formula is C16H17ClN4O2. The number of nitrogens with one attached hydrogen (secondary N) is 2. The van der Waals surface area contributed by atoms with Gasteiger partial charge in [-0.2, -0.15) is 0 Å². The van der Waals surface area contributed by atoms with Gasteiger partial charge < -0.3 is 15.4 Å². The third-order valence-electron chi connectivity index (χ3n) is 3.55. The molecular weight excluding hydrogens is 316 g/mol. The minimum Gasteiger partial charge on any atom is -0.489 e. The molecule has 0 aliphatic carbocycles. The normalized spacial score (nSPS) is 17.0. The molecule has 1 atom stereocenters. The first-order chi connectivity index (χ1) is 11.2. The van der Waals surface area contributed by atoms with E-state index < -0.39 is 0 Å². The number of nitrogens with zero attached hydrogens (tertiary/aromatic N) is 2. The number of hydrogen-bond donors (Lipinski definition) is 2. The maximum atomic E-state index is 12.1. The highest BCUT2D eigenvalue weighted by Gasteiger charge is 2.16. The first-order valence-corrected chi connectivity index (χ1v) is 7.80. The first-order valence-electron chi connectivity index (χ1n) is 7.42. The van der Waals surface area contributed by atoms with E-state index >= 15 is 0 Å². The van der Waals surface area contributed by atoms with Gasteiger partial charge >= 0.3 is 0 Å². The Hall–Kier alpha value is -2.18. The number of hydrogen-bond acceptors (Lipinski definition) is 5. The quantitative estimate of drug-likeness (QED) is 0.873. The van der Waals surface area contributed by atoms with Gasteiger partial charge in [-0.25, -0.2) is 0 Å². The number of halogens is 1. The standard InChI is InChI=1S/C16H17ClN4O2/c17-15-10-19-5-3-14(15)16(22)21-8-11-7-12(2-6-20-11)23-13-1-4-18-9-13/h2-3,5-7,10,13,18H,1,4,8-9H2,(H,21,22). The van der Waals surface area contributed by atoms with Crippen molar-refractivity contribution in [3.8, 4) is 5.75 Å². The Bertz CT molecular complexity index is 689. The summed E-state index contributed by atoms with van der Waals surface area (Å²) in [4.78, 5) is 20.2. The van der Waals surface area contributed by atoms with Gasteiger partial charge in [0.25, 0.3) is 5.91 Å². The van der Waals surface area contributed by atoms with Gasteiger partial charge in [0.05, 0.1) is 22.8 Å². The molecule has 1 aliphatic heterocycles. The smallest absolute Gasteiger partial charge is 0.253 e. The molecule has 1 fully saturated rings. The van der Waals surface area contributed by atoms with Crippen LogP contribution in [0.15, 0.2) is 36.8 Å². The second kappa shape index (κ2) is 7.39. The maximum Gasteiger partial charge on any atom is 0.253 e. The van der Waals surface area contributed by atoms with Crippen LogP contribution in [-0.4, -0.2) is 35.1 Å². The molecule has 1 amide bonds. The Balaban J connectivity index is 1.59. The number of ether oxygens (including phenoxy) is 1. The fourth-order valence-electron chi connectivity index (χ4n) is 2.37. The van der Waals surface area contributed by atoms with Crippen LogP contribution in [0.4, 0.5) is 0 Å². The predicted octanol–water partition coefficient (Wildman–Crippen LogP) is 1.80. The summed E-state index contributed by atoms with van der Waals surface area (Å²) in [6.07, 6.45) is 5.84. The van der Waals surface area contributed by atoms with Crippen molar-refractivity contribution >= 4 is 17.5 Å². The molecule has 6 nitrogen and oxygen atoms in total. The van der Waals surface area contributed by atoms with Crippen molar-refractivity contribution in [3.63, 3.8) is 0 Å². The lowest BCUT2D eigenvalue weighted by atomic mass is 10.2. The summed E-state index contributed by atoms with van der Waals surface area (Å²) in [5.74, 6) is 0.505. The zero-order chi connectivity index (χ0) is 16.1. The summed E-state index contributed by atoms with van der Waals surface area (Å²) in [7, 11) is 0. The van der Waals surface area contributed by atoms with Crippen molar-refractivity contribution in [2.75, 3.05) is 13.1 Å². The molecule has 2 aromatic heterocycles. The van der Waals surface area contributed by atoms with Crippen molar-refractivity contribution in [2.24, 2.45) is 0 Å². The minimum atomic E-state index is -0.259. The van der Waals surface area contributed by atoms with E-state index in [1.165, 1.54) is 12.4 Å². The average Bonchev–Trinajstić information content (AvgIpc) is 3.06. The molecule has 3 heterocycles. The molecule has 7 heteroatoms. The topological polar surface area (TPSA) is 76.1 Å². The lowest BCUT2D eigenvalue weighted by molar-refractivity contribution is 0.0950. The number of amides is 1. The Morgan fingerprint density at radius 2 is 2.35 bits per heavy atom. The van der Waals surface area contributed by atoms with Crippen LogP contribution in [0.25, 0.3) is 0 Å². The number of aromatic nitrogens is 2. The molecule has 0 radical (unpaired) electrons. The highest BCUT2D eigenvalue weighted by Crippen LogP contribution is 2.16. The Morgan fingerprint density at radius 3 is 3.13 bits per heavy atom. The molecule has 0 saturated carbocycles. The molecule has 1 aliphatic rings. The van der Waals surface area contributed by atoms with E-state index in [9.17, 15) is 4.79 Å². The number of carbonyl (C=O) groups excluding carboxylic acids is 1. The van der Waals surface area contributed by atoms with Crippen LogP contribution in [0.1, 0.15) is 22.5 Å².